The van der Waals surface area contributed by atoms with E-state index in [2.05, 4.69) is 86.8 Å². The van der Waals surface area contributed by atoms with Crippen molar-refractivity contribution in [2.45, 2.75) is 373 Å². The SMILES string of the molecule is CC/C=C\C/C=C\C/C=C\C/C=C\C/C=C\C/C=C\CCCCCCCCCCCCCCCCC(=O)OC(CO)COC(=O)CCCCCCCCCCCCCCCCCCCCCCCCCCCCCCCCCC. The number of allylic oxidation sites excluding steroid dienone is 12. The molecule has 0 rings (SSSR count). The molecule has 0 radical (unpaired) electrons. The second kappa shape index (κ2) is 69.6. The van der Waals surface area contributed by atoms with Gasteiger partial charge in [0.15, 0.2) is 6.10 Å². The summed E-state index contributed by atoms with van der Waals surface area (Å²) in [6.07, 6.45) is 96.5. The van der Waals surface area contributed by atoms with Gasteiger partial charge in [-0.1, -0.05) is 363 Å². The molecular formula is C74H134O5. The van der Waals surface area contributed by atoms with Crippen LogP contribution in [-0.4, -0.2) is 36.4 Å². The smallest absolute Gasteiger partial charge is 0.306 e. The van der Waals surface area contributed by atoms with E-state index in [4.69, 9.17) is 9.47 Å². The molecule has 0 fully saturated rings. The standard InChI is InChI=1S/C74H134O5/c1-3-5-7-9-11-13-15-17-19-21-23-25-27-29-31-33-35-37-39-41-43-45-47-49-51-53-55-57-59-61-63-65-67-69-74(77)79-72(70-75)71-78-73(76)68-66-64-62-60-58-56-54-52-50-48-46-44-42-40-38-36-34-32-30-28-26-24-22-20-18-16-14-12-10-8-6-4-2/h5,7,11,13,17,19,23,25,29,31,35,37,72,75H,3-4,6,8-10,12,14-16,18,20-22,24,26-28,30,32-34,36,38-71H2,1-2H3/b7-5-,13-11-,19-17-,25-23-,31-29-,37-35-. The lowest BCUT2D eigenvalue weighted by Crippen LogP contribution is -2.28. The van der Waals surface area contributed by atoms with Crippen LogP contribution >= 0.6 is 0 Å². The monoisotopic (exact) mass is 1100 g/mol. The summed E-state index contributed by atoms with van der Waals surface area (Å²) in [6.45, 7) is 4.08. The Hall–Kier alpha value is -2.66. The van der Waals surface area contributed by atoms with E-state index in [1.807, 2.05) is 0 Å². The maximum Gasteiger partial charge on any atom is 0.306 e. The van der Waals surface area contributed by atoms with Gasteiger partial charge in [0, 0.05) is 12.8 Å². The van der Waals surface area contributed by atoms with Gasteiger partial charge in [0.25, 0.3) is 0 Å². The van der Waals surface area contributed by atoms with Crippen LogP contribution in [0.5, 0.6) is 0 Å². The van der Waals surface area contributed by atoms with Crippen LogP contribution < -0.4 is 0 Å². The fourth-order valence-electron chi connectivity index (χ4n) is 10.6. The molecule has 79 heavy (non-hydrogen) atoms. The number of carbonyl (C=O) groups excluding carboxylic acids is 2. The Morgan fingerprint density at radius 1 is 0.304 bits per heavy atom. The molecule has 460 valence electrons. The maximum atomic E-state index is 12.4. The van der Waals surface area contributed by atoms with Crippen molar-refractivity contribution in [3.05, 3.63) is 72.9 Å². The zero-order chi connectivity index (χ0) is 56.9. The lowest BCUT2D eigenvalue weighted by molar-refractivity contribution is -0.161. The number of hydrogen-bond acceptors (Lipinski definition) is 5. The predicted molar refractivity (Wildman–Crippen MR) is 348 cm³/mol. The first kappa shape index (κ1) is 76.3. The minimum Gasteiger partial charge on any atom is -0.462 e. The van der Waals surface area contributed by atoms with Gasteiger partial charge in [0.05, 0.1) is 6.61 Å². The third kappa shape index (κ3) is 67.7. The van der Waals surface area contributed by atoms with E-state index in [-0.39, 0.29) is 25.2 Å². The normalized spacial score (nSPS) is 12.6. The highest BCUT2D eigenvalue weighted by Gasteiger charge is 2.16. The van der Waals surface area contributed by atoms with E-state index in [0.717, 1.165) is 77.0 Å². The van der Waals surface area contributed by atoms with Crippen LogP contribution in [0.4, 0.5) is 0 Å². The van der Waals surface area contributed by atoms with Crippen molar-refractivity contribution in [3.63, 3.8) is 0 Å². The molecule has 1 atom stereocenters. The molecule has 0 saturated carbocycles. The molecule has 0 heterocycles. The van der Waals surface area contributed by atoms with Crippen molar-refractivity contribution in [2.24, 2.45) is 0 Å². The second-order valence-electron chi connectivity index (χ2n) is 23.6. The Kier molecular flexibility index (Phi) is 67.3. The number of unbranched alkanes of at least 4 members (excludes halogenated alkanes) is 45. The second-order valence-corrected chi connectivity index (χ2v) is 23.6. The lowest BCUT2D eigenvalue weighted by Gasteiger charge is -2.15. The molecule has 0 aromatic rings. The highest BCUT2D eigenvalue weighted by Crippen LogP contribution is 2.19. The molecule has 0 spiro atoms. The average molecular weight is 1100 g/mol. The number of rotatable bonds is 65. The van der Waals surface area contributed by atoms with Crippen molar-refractivity contribution >= 4 is 11.9 Å². The fraction of sp³-hybridized carbons (Fsp3) is 0.811. The van der Waals surface area contributed by atoms with Crippen molar-refractivity contribution in [2.75, 3.05) is 13.2 Å². The third-order valence-electron chi connectivity index (χ3n) is 15.8. The molecule has 0 aromatic heterocycles. The first-order valence-electron chi connectivity index (χ1n) is 35.0. The summed E-state index contributed by atoms with van der Waals surface area (Å²) >= 11 is 0. The number of ether oxygens (including phenoxy) is 2. The topological polar surface area (TPSA) is 72.8 Å². The number of hydrogen-bond donors (Lipinski definition) is 1. The van der Waals surface area contributed by atoms with Crippen LogP contribution in [0.3, 0.4) is 0 Å². The summed E-state index contributed by atoms with van der Waals surface area (Å²) in [4.78, 5) is 24.7. The lowest BCUT2D eigenvalue weighted by atomic mass is 10.0. The van der Waals surface area contributed by atoms with Gasteiger partial charge < -0.3 is 14.6 Å². The van der Waals surface area contributed by atoms with Crippen LogP contribution in [0.1, 0.15) is 367 Å². The summed E-state index contributed by atoms with van der Waals surface area (Å²) in [5.41, 5.74) is 0. The summed E-state index contributed by atoms with van der Waals surface area (Å²) in [5.74, 6) is -0.574. The minimum atomic E-state index is -0.774. The Labute approximate surface area is 493 Å². The van der Waals surface area contributed by atoms with Gasteiger partial charge in [0.1, 0.15) is 6.61 Å². The van der Waals surface area contributed by atoms with Gasteiger partial charge in [0.2, 0.25) is 0 Å². The van der Waals surface area contributed by atoms with Crippen molar-refractivity contribution in [1.82, 2.24) is 0 Å². The molecule has 0 aliphatic carbocycles. The Bertz CT molecular complexity index is 1390. The Balaban J connectivity index is 3.42. The summed E-state index contributed by atoms with van der Waals surface area (Å²) < 4.78 is 10.8. The highest BCUT2D eigenvalue weighted by molar-refractivity contribution is 5.70. The zero-order valence-corrected chi connectivity index (χ0v) is 52.9. The Morgan fingerprint density at radius 2 is 0.544 bits per heavy atom. The van der Waals surface area contributed by atoms with Crippen molar-refractivity contribution < 1.29 is 24.2 Å². The Morgan fingerprint density at radius 3 is 0.823 bits per heavy atom. The highest BCUT2D eigenvalue weighted by atomic mass is 16.6. The minimum absolute atomic E-state index is 0.0631. The molecular weight excluding hydrogens is 969 g/mol. The molecule has 0 aliphatic heterocycles. The van der Waals surface area contributed by atoms with Gasteiger partial charge >= 0.3 is 11.9 Å². The first-order chi connectivity index (χ1) is 39.1. The van der Waals surface area contributed by atoms with E-state index in [0.29, 0.717) is 12.8 Å². The van der Waals surface area contributed by atoms with Crippen LogP contribution in [0.2, 0.25) is 0 Å². The molecule has 1 unspecified atom stereocenters. The van der Waals surface area contributed by atoms with Gasteiger partial charge in [-0.15, -0.1) is 0 Å². The first-order valence-corrected chi connectivity index (χ1v) is 35.0. The molecule has 0 saturated heterocycles. The van der Waals surface area contributed by atoms with Gasteiger partial charge in [-0.05, 0) is 64.2 Å². The summed E-state index contributed by atoms with van der Waals surface area (Å²) in [5, 5.41) is 9.70. The fourth-order valence-corrected chi connectivity index (χ4v) is 10.6. The average Bonchev–Trinajstić information content (AvgIpc) is 3.45. The van der Waals surface area contributed by atoms with Crippen molar-refractivity contribution in [1.29, 1.82) is 0 Å². The molecule has 1 N–H and O–H groups in total. The predicted octanol–water partition coefficient (Wildman–Crippen LogP) is 24.3. The van der Waals surface area contributed by atoms with Crippen LogP contribution in [0.15, 0.2) is 72.9 Å². The molecule has 0 amide bonds. The van der Waals surface area contributed by atoms with Crippen LogP contribution in [0.25, 0.3) is 0 Å². The maximum absolute atomic E-state index is 12.4. The van der Waals surface area contributed by atoms with Crippen LogP contribution in [0, 0.1) is 0 Å². The number of aliphatic hydroxyl groups excluding tert-OH is 1. The van der Waals surface area contributed by atoms with E-state index in [1.165, 1.54) is 263 Å². The molecule has 0 aliphatic rings. The molecule has 0 bridgehead atoms. The van der Waals surface area contributed by atoms with Gasteiger partial charge in [-0.25, -0.2) is 0 Å². The molecule has 0 aromatic carbocycles. The quantitative estimate of drug-likeness (QED) is 0.0373. The number of aliphatic hydroxyl groups is 1. The third-order valence-corrected chi connectivity index (χ3v) is 15.8. The van der Waals surface area contributed by atoms with E-state index >= 15 is 0 Å². The number of carbonyl (C=O) groups is 2. The van der Waals surface area contributed by atoms with Gasteiger partial charge in [-0.2, -0.15) is 0 Å². The summed E-state index contributed by atoms with van der Waals surface area (Å²) in [6, 6.07) is 0. The molecule has 5 nitrogen and oxygen atoms in total. The largest absolute Gasteiger partial charge is 0.462 e. The van der Waals surface area contributed by atoms with Crippen molar-refractivity contribution in [3.8, 4) is 0 Å². The summed E-state index contributed by atoms with van der Waals surface area (Å²) in [7, 11) is 0. The van der Waals surface area contributed by atoms with E-state index in [9.17, 15) is 14.7 Å². The van der Waals surface area contributed by atoms with E-state index < -0.39 is 6.10 Å². The number of esters is 2. The zero-order valence-electron chi connectivity index (χ0n) is 52.9. The molecule has 5 heteroatoms. The van der Waals surface area contributed by atoms with Crippen LogP contribution in [-0.2, 0) is 19.1 Å². The van der Waals surface area contributed by atoms with E-state index in [1.54, 1.807) is 0 Å². The van der Waals surface area contributed by atoms with Gasteiger partial charge in [-0.3, -0.25) is 9.59 Å².